The standard InChI is InChI=1S/C11H14FNO/c1-2-3-6-14-11-5-4-9(8-13)7-10(11)12/h2-5,7H,6,8,13H2,1H3/b3-2+. The first kappa shape index (κ1) is 10.7. The Hall–Kier alpha value is -1.35. The summed E-state index contributed by atoms with van der Waals surface area (Å²) >= 11 is 0. The van der Waals surface area contributed by atoms with Gasteiger partial charge in [0.25, 0.3) is 0 Å². The molecule has 0 amide bonds. The highest BCUT2D eigenvalue weighted by atomic mass is 19.1. The van der Waals surface area contributed by atoms with E-state index in [0.29, 0.717) is 13.2 Å². The van der Waals surface area contributed by atoms with Crippen LogP contribution in [0.4, 0.5) is 4.39 Å². The average molecular weight is 195 g/mol. The Balaban J connectivity index is 2.68. The zero-order valence-electron chi connectivity index (χ0n) is 8.16. The van der Waals surface area contributed by atoms with Crippen molar-refractivity contribution in [1.29, 1.82) is 0 Å². The first-order valence-corrected chi connectivity index (χ1v) is 4.50. The van der Waals surface area contributed by atoms with Crippen molar-refractivity contribution in [3.8, 4) is 5.75 Å². The smallest absolute Gasteiger partial charge is 0.165 e. The van der Waals surface area contributed by atoms with Gasteiger partial charge >= 0.3 is 0 Å². The molecule has 1 aromatic carbocycles. The van der Waals surface area contributed by atoms with Crippen LogP contribution in [-0.2, 0) is 6.54 Å². The van der Waals surface area contributed by atoms with E-state index in [0.717, 1.165) is 5.56 Å². The normalized spacial score (nSPS) is 10.8. The molecule has 0 unspecified atom stereocenters. The monoisotopic (exact) mass is 195 g/mol. The van der Waals surface area contributed by atoms with Crippen molar-refractivity contribution in [2.24, 2.45) is 5.73 Å². The number of rotatable bonds is 4. The van der Waals surface area contributed by atoms with Gasteiger partial charge in [-0.2, -0.15) is 0 Å². The van der Waals surface area contributed by atoms with Gasteiger partial charge in [0.1, 0.15) is 6.61 Å². The van der Waals surface area contributed by atoms with Gasteiger partial charge < -0.3 is 10.5 Å². The molecule has 0 saturated carbocycles. The summed E-state index contributed by atoms with van der Waals surface area (Å²) < 4.78 is 18.4. The molecule has 76 valence electrons. The molecule has 0 heterocycles. The summed E-state index contributed by atoms with van der Waals surface area (Å²) in [4.78, 5) is 0. The summed E-state index contributed by atoms with van der Waals surface area (Å²) in [6, 6.07) is 4.75. The molecule has 0 aromatic heterocycles. The Bertz CT molecular complexity index is 323. The van der Waals surface area contributed by atoms with Crippen molar-refractivity contribution in [2.75, 3.05) is 6.61 Å². The molecule has 0 aliphatic rings. The van der Waals surface area contributed by atoms with Gasteiger partial charge in [-0.25, -0.2) is 4.39 Å². The predicted molar refractivity (Wildman–Crippen MR) is 54.6 cm³/mol. The molecule has 3 heteroatoms. The fourth-order valence-corrected chi connectivity index (χ4v) is 1.02. The van der Waals surface area contributed by atoms with Gasteiger partial charge in [0, 0.05) is 6.54 Å². The number of hydrogen-bond acceptors (Lipinski definition) is 2. The van der Waals surface area contributed by atoms with Crippen LogP contribution in [0.5, 0.6) is 5.75 Å². The highest BCUT2D eigenvalue weighted by molar-refractivity contribution is 5.29. The molecule has 14 heavy (non-hydrogen) atoms. The molecular weight excluding hydrogens is 181 g/mol. The van der Waals surface area contributed by atoms with E-state index in [-0.39, 0.29) is 11.6 Å². The van der Waals surface area contributed by atoms with Crippen molar-refractivity contribution >= 4 is 0 Å². The first-order chi connectivity index (χ1) is 6.77. The van der Waals surface area contributed by atoms with Gasteiger partial charge in [0.05, 0.1) is 0 Å². The van der Waals surface area contributed by atoms with E-state index in [4.69, 9.17) is 10.5 Å². The third kappa shape index (κ3) is 2.85. The molecule has 2 nitrogen and oxygen atoms in total. The SMILES string of the molecule is C/C=C/COc1ccc(CN)cc1F. The van der Waals surface area contributed by atoms with Crippen LogP contribution in [-0.4, -0.2) is 6.61 Å². The second-order valence-electron chi connectivity index (χ2n) is 2.85. The van der Waals surface area contributed by atoms with E-state index in [1.807, 2.05) is 19.1 Å². The van der Waals surface area contributed by atoms with Crippen molar-refractivity contribution in [3.63, 3.8) is 0 Å². The fraction of sp³-hybridized carbons (Fsp3) is 0.273. The molecule has 0 atom stereocenters. The molecule has 0 aliphatic heterocycles. The molecule has 0 aliphatic carbocycles. The zero-order chi connectivity index (χ0) is 10.4. The van der Waals surface area contributed by atoms with Crippen LogP contribution in [0.25, 0.3) is 0 Å². The van der Waals surface area contributed by atoms with Crippen molar-refractivity contribution in [3.05, 3.63) is 41.7 Å². The lowest BCUT2D eigenvalue weighted by Gasteiger charge is -2.05. The van der Waals surface area contributed by atoms with Crippen LogP contribution in [0, 0.1) is 5.82 Å². The van der Waals surface area contributed by atoms with E-state index in [1.54, 1.807) is 12.1 Å². The van der Waals surface area contributed by atoms with Crippen LogP contribution in [0.15, 0.2) is 30.4 Å². The van der Waals surface area contributed by atoms with Gasteiger partial charge in [-0.15, -0.1) is 0 Å². The number of halogens is 1. The molecule has 1 rings (SSSR count). The van der Waals surface area contributed by atoms with Gasteiger partial charge in [-0.1, -0.05) is 18.2 Å². The lowest BCUT2D eigenvalue weighted by Crippen LogP contribution is -2.00. The number of ether oxygens (including phenoxy) is 1. The highest BCUT2D eigenvalue weighted by Gasteiger charge is 2.02. The van der Waals surface area contributed by atoms with E-state index < -0.39 is 0 Å². The maximum Gasteiger partial charge on any atom is 0.165 e. The average Bonchev–Trinajstić information content (AvgIpc) is 2.20. The van der Waals surface area contributed by atoms with Gasteiger partial charge in [-0.05, 0) is 24.6 Å². The zero-order valence-corrected chi connectivity index (χ0v) is 8.16. The molecule has 0 radical (unpaired) electrons. The van der Waals surface area contributed by atoms with E-state index >= 15 is 0 Å². The molecule has 0 saturated heterocycles. The Morgan fingerprint density at radius 1 is 1.50 bits per heavy atom. The summed E-state index contributed by atoms with van der Waals surface area (Å²) in [7, 11) is 0. The van der Waals surface area contributed by atoms with E-state index in [1.165, 1.54) is 6.07 Å². The maximum atomic E-state index is 13.3. The van der Waals surface area contributed by atoms with Crippen molar-refractivity contribution in [1.82, 2.24) is 0 Å². The Kier molecular flexibility index (Phi) is 4.13. The lowest BCUT2D eigenvalue weighted by atomic mass is 10.2. The molecular formula is C11H14FNO. The molecule has 1 aromatic rings. The highest BCUT2D eigenvalue weighted by Crippen LogP contribution is 2.17. The lowest BCUT2D eigenvalue weighted by molar-refractivity contribution is 0.341. The van der Waals surface area contributed by atoms with Crippen LogP contribution in [0.1, 0.15) is 12.5 Å². The number of allylic oxidation sites excluding steroid dienone is 1. The van der Waals surface area contributed by atoms with Gasteiger partial charge in [0.2, 0.25) is 0 Å². The van der Waals surface area contributed by atoms with Gasteiger partial charge in [0.15, 0.2) is 11.6 Å². The maximum absolute atomic E-state index is 13.3. The Morgan fingerprint density at radius 2 is 2.29 bits per heavy atom. The van der Waals surface area contributed by atoms with Crippen LogP contribution >= 0.6 is 0 Å². The van der Waals surface area contributed by atoms with Crippen molar-refractivity contribution < 1.29 is 9.13 Å². The Labute approximate surface area is 83.2 Å². The fourth-order valence-electron chi connectivity index (χ4n) is 1.02. The molecule has 2 N–H and O–H groups in total. The topological polar surface area (TPSA) is 35.2 Å². The number of hydrogen-bond donors (Lipinski definition) is 1. The summed E-state index contributed by atoms with van der Waals surface area (Å²) in [5.41, 5.74) is 6.14. The molecule has 0 fully saturated rings. The minimum absolute atomic E-state index is 0.264. The number of benzene rings is 1. The minimum Gasteiger partial charge on any atom is -0.486 e. The third-order valence-electron chi connectivity index (χ3n) is 1.80. The summed E-state index contributed by atoms with van der Waals surface area (Å²) in [6.45, 7) is 2.61. The summed E-state index contributed by atoms with van der Waals surface area (Å²) in [5.74, 6) is -0.0993. The largest absolute Gasteiger partial charge is 0.486 e. The quantitative estimate of drug-likeness (QED) is 0.748. The Morgan fingerprint density at radius 3 is 2.86 bits per heavy atom. The summed E-state index contributed by atoms with van der Waals surface area (Å²) in [6.07, 6.45) is 3.67. The third-order valence-corrected chi connectivity index (χ3v) is 1.80. The first-order valence-electron chi connectivity index (χ1n) is 4.50. The molecule has 0 spiro atoms. The van der Waals surface area contributed by atoms with E-state index in [2.05, 4.69) is 0 Å². The van der Waals surface area contributed by atoms with E-state index in [9.17, 15) is 4.39 Å². The second-order valence-corrected chi connectivity index (χ2v) is 2.85. The van der Waals surface area contributed by atoms with Crippen LogP contribution in [0.2, 0.25) is 0 Å². The van der Waals surface area contributed by atoms with Crippen LogP contribution < -0.4 is 10.5 Å². The second kappa shape index (κ2) is 5.40. The summed E-state index contributed by atoms with van der Waals surface area (Å²) in [5, 5.41) is 0. The minimum atomic E-state index is -0.363. The van der Waals surface area contributed by atoms with Gasteiger partial charge in [-0.3, -0.25) is 0 Å². The number of nitrogens with two attached hydrogens (primary N) is 1. The van der Waals surface area contributed by atoms with Crippen LogP contribution in [0.3, 0.4) is 0 Å². The molecule has 0 bridgehead atoms. The predicted octanol–water partition coefficient (Wildman–Crippen LogP) is 2.24. The van der Waals surface area contributed by atoms with Crippen molar-refractivity contribution in [2.45, 2.75) is 13.5 Å².